The Bertz CT molecular complexity index is 351. The molecule has 0 aliphatic carbocycles. The quantitative estimate of drug-likeness (QED) is 0.733. The molecule has 1 rings (SSSR count). The molecule has 0 aliphatic heterocycles. The molecule has 0 aliphatic rings. The highest BCUT2D eigenvalue weighted by Crippen LogP contribution is 2.20. The van der Waals surface area contributed by atoms with Crippen LogP contribution in [0.2, 0.25) is 0 Å². The molecule has 0 atom stereocenters. The highest BCUT2D eigenvalue weighted by atomic mass is 16.4. The number of carboxylic acid groups (broad SMARTS) is 1. The van der Waals surface area contributed by atoms with Crippen molar-refractivity contribution in [1.29, 1.82) is 0 Å². The van der Waals surface area contributed by atoms with Gasteiger partial charge in [-0.15, -0.1) is 10.2 Å². The van der Waals surface area contributed by atoms with Gasteiger partial charge in [-0.2, -0.15) is 0 Å². The maximum absolute atomic E-state index is 10.8. The van der Waals surface area contributed by atoms with Gasteiger partial charge in [0.15, 0.2) is 0 Å². The number of aromatic carboxylic acids is 1. The number of anilines is 1. The second kappa shape index (κ2) is 3.28. The lowest BCUT2D eigenvalue weighted by atomic mass is 10.1. The lowest BCUT2D eigenvalue weighted by Gasteiger charge is -2.23. The van der Waals surface area contributed by atoms with Crippen molar-refractivity contribution in [1.82, 2.24) is 14.8 Å². The predicted octanol–water partition coefficient (Wildman–Crippen LogP) is 0.773. The molecule has 6 nitrogen and oxygen atoms in total. The van der Waals surface area contributed by atoms with Crippen molar-refractivity contribution < 1.29 is 9.90 Å². The Kier molecular flexibility index (Phi) is 2.46. The second-order valence-electron chi connectivity index (χ2n) is 3.91. The SMILES string of the molecule is CNc1nnc(C(=O)O)n1C(C)(C)C. The van der Waals surface area contributed by atoms with Crippen LogP contribution in [-0.2, 0) is 5.54 Å². The van der Waals surface area contributed by atoms with Gasteiger partial charge in [0, 0.05) is 12.6 Å². The maximum Gasteiger partial charge on any atom is 0.374 e. The van der Waals surface area contributed by atoms with Gasteiger partial charge < -0.3 is 10.4 Å². The number of rotatable bonds is 2. The van der Waals surface area contributed by atoms with Crippen LogP contribution in [-0.4, -0.2) is 32.9 Å². The summed E-state index contributed by atoms with van der Waals surface area (Å²) in [5.41, 5.74) is -0.366. The van der Waals surface area contributed by atoms with E-state index in [9.17, 15) is 4.79 Å². The summed E-state index contributed by atoms with van der Waals surface area (Å²) in [6.45, 7) is 5.68. The standard InChI is InChI=1S/C8H14N4O2/c1-8(2,3)12-5(6(13)14)10-11-7(12)9-4/h1-4H3,(H,9,11)(H,13,14). The molecule has 0 bridgehead atoms. The van der Waals surface area contributed by atoms with Crippen LogP contribution in [0, 0.1) is 0 Å². The molecule has 6 heteroatoms. The van der Waals surface area contributed by atoms with Gasteiger partial charge in [-0.3, -0.25) is 4.57 Å². The molecule has 78 valence electrons. The zero-order valence-electron chi connectivity index (χ0n) is 8.70. The molecule has 1 heterocycles. The first-order chi connectivity index (χ1) is 6.38. The van der Waals surface area contributed by atoms with E-state index in [-0.39, 0.29) is 11.4 Å². The van der Waals surface area contributed by atoms with Crippen LogP contribution in [0.4, 0.5) is 5.95 Å². The van der Waals surface area contributed by atoms with Crippen LogP contribution < -0.4 is 5.32 Å². The van der Waals surface area contributed by atoms with Gasteiger partial charge in [-0.25, -0.2) is 4.79 Å². The lowest BCUT2D eigenvalue weighted by molar-refractivity contribution is 0.0671. The molecule has 0 spiro atoms. The second-order valence-corrected chi connectivity index (χ2v) is 3.91. The van der Waals surface area contributed by atoms with E-state index >= 15 is 0 Å². The molecule has 0 saturated heterocycles. The van der Waals surface area contributed by atoms with Crippen molar-refractivity contribution in [3.05, 3.63) is 5.82 Å². The lowest BCUT2D eigenvalue weighted by Crippen LogP contribution is -2.27. The number of carbonyl (C=O) groups is 1. The summed E-state index contributed by atoms with van der Waals surface area (Å²) in [7, 11) is 1.68. The third-order valence-corrected chi connectivity index (χ3v) is 1.75. The smallest absolute Gasteiger partial charge is 0.374 e. The minimum absolute atomic E-state index is 0.0538. The molecule has 0 saturated carbocycles. The van der Waals surface area contributed by atoms with Crippen molar-refractivity contribution in [3.63, 3.8) is 0 Å². The van der Waals surface area contributed by atoms with Crippen molar-refractivity contribution in [2.45, 2.75) is 26.3 Å². The van der Waals surface area contributed by atoms with Crippen molar-refractivity contribution in [3.8, 4) is 0 Å². The topological polar surface area (TPSA) is 80.0 Å². The Labute approximate surface area is 82.0 Å². The fraction of sp³-hybridized carbons (Fsp3) is 0.625. The Balaban J connectivity index is 3.34. The van der Waals surface area contributed by atoms with Crippen LogP contribution in [0.3, 0.4) is 0 Å². The summed E-state index contributed by atoms with van der Waals surface area (Å²) in [5.74, 6) is -0.675. The molecule has 0 unspecified atom stereocenters. The Hall–Kier alpha value is -1.59. The van der Waals surface area contributed by atoms with Crippen molar-refractivity contribution in [2.75, 3.05) is 12.4 Å². The fourth-order valence-corrected chi connectivity index (χ4v) is 1.22. The fourth-order valence-electron chi connectivity index (χ4n) is 1.22. The Morgan fingerprint density at radius 1 is 1.43 bits per heavy atom. The molecule has 0 radical (unpaired) electrons. The zero-order valence-corrected chi connectivity index (χ0v) is 8.70. The Morgan fingerprint density at radius 2 is 2.00 bits per heavy atom. The monoisotopic (exact) mass is 198 g/mol. The number of hydrogen-bond donors (Lipinski definition) is 2. The molecule has 14 heavy (non-hydrogen) atoms. The molecule has 2 N–H and O–H groups in total. The molecule has 1 aromatic rings. The number of nitrogens with zero attached hydrogens (tertiary/aromatic N) is 3. The van der Waals surface area contributed by atoms with Crippen molar-refractivity contribution >= 4 is 11.9 Å². The van der Waals surface area contributed by atoms with E-state index in [1.165, 1.54) is 0 Å². The average Bonchev–Trinajstić information content (AvgIpc) is 2.45. The highest BCUT2D eigenvalue weighted by Gasteiger charge is 2.25. The van der Waals surface area contributed by atoms with E-state index in [1.54, 1.807) is 11.6 Å². The predicted molar refractivity (Wildman–Crippen MR) is 51.5 cm³/mol. The van der Waals surface area contributed by atoms with E-state index in [2.05, 4.69) is 15.5 Å². The van der Waals surface area contributed by atoms with Gasteiger partial charge in [0.1, 0.15) is 0 Å². The average molecular weight is 198 g/mol. The van der Waals surface area contributed by atoms with Crippen LogP contribution in [0.1, 0.15) is 31.4 Å². The summed E-state index contributed by atoms with van der Waals surface area (Å²) in [4.78, 5) is 10.8. The van der Waals surface area contributed by atoms with E-state index in [4.69, 9.17) is 5.11 Å². The van der Waals surface area contributed by atoms with Crippen LogP contribution in [0.15, 0.2) is 0 Å². The first-order valence-corrected chi connectivity index (χ1v) is 4.25. The van der Waals surface area contributed by atoms with E-state index < -0.39 is 5.97 Å². The van der Waals surface area contributed by atoms with E-state index in [1.807, 2.05) is 20.8 Å². The van der Waals surface area contributed by atoms with E-state index in [0.29, 0.717) is 5.95 Å². The summed E-state index contributed by atoms with van der Waals surface area (Å²) in [6, 6.07) is 0. The van der Waals surface area contributed by atoms with Gasteiger partial charge in [0.25, 0.3) is 0 Å². The molecular formula is C8H14N4O2. The van der Waals surface area contributed by atoms with Gasteiger partial charge in [0.05, 0.1) is 0 Å². The van der Waals surface area contributed by atoms with Gasteiger partial charge >= 0.3 is 5.97 Å². The van der Waals surface area contributed by atoms with Crippen LogP contribution in [0.5, 0.6) is 0 Å². The zero-order chi connectivity index (χ0) is 10.9. The molecule has 0 fully saturated rings. The molecule has 0 amide bonds. The Morgan fingerprint density at radius 3 is 2.36 bits per heavy atom. The van der Waals surface area contributed by atoms with Gasteiger partial charge in [0.2, 0.25) is 11.8 Å². The highest BCUT2D eigenvalue weighted by molar-refractivity contribution is 5.84. The van der Waals surface area contributed by atoms with Crippen LogP contribution in [0.25, 0.3) is 0 Å². The molecular weight excluding hydrogens is 184 g/mol. The first kappa shape index (κ1) is 10.5. The number of nitrogens with one attached hydrogen (secondary N) is 1. The van der Waals surface area contributed by atoms with Crippen LogP contribution >= 0.6 is 0 Å². The summed E-state index contributed by atoms with van der Waals surface area (Å²) < 4.78 is 1.55. The van der Waals surface area contributed by atoms with E-state index in [0.717, 1.165) is 0 Å². The minimum Gasteiger partial charge on any atom is -0.475 e. The van der Waals surface area contributed by atoms with Gasteiger partial charge in [-0.05, 0) is 20.8 Å². The number of aromatic nitrogens is 3. The maximum atomic E-state index is 10.8. The normalized spacial score (nSPS) is 11.4. The first-order valence-electron chi connectivity index (χ1n) is 4.25. The summed E-state index contributed by atoms with van der Waals surface area (Å²) in [6.07, 6.45) is 0. The minimum atomic E-state index is -1.08. The molecule has 1 aromatic heterocycles. The third kappa shape index (κ3) is 1.68. The third-order valence-electron chi connectivity index (χ3n) is 1.75. The van der Waals surface area contributed by atoms with Gasteiger partial charge in [-0.1, -0.05) is 0 Å². The van der Waals surface area contributed by atoms with Crippen molar-refractivity contribution in [2.24, 2.45) is 0 Å². The number of hydrogen-bond acceptors (Lipinski definition) is 4. The summed E-state index contributed by atoms with van der Waals surface area (Å²) >= 11 is 0. The largest absolute Gasteiger partial charge is 0.475 e. The molecule has 0 aromatic carbocycles. The number of carboxylic acids is 1. The summed E-state index contributed by atoms with van der Waals surface area (Å²) in [5, 5.41) is 19.0.